The van der Waals surface area contributed by atoms with E-state index >= 15 is 0 Å². The molecule has 0 amide bonds. The standard InChI is InChI=1S/C11H13F2IO2/c1-15-9-5-3-2-4-8(9)10(6-14)16-7-11(12)13/h2-5,10-11H,6-7H2,1H3. The average Bonchev–Trinajstić information content (AvgIpc) is 2.30. The first kappa shape index (κ1) is 13.6. The van der Waals surface area contributed by atoms with Crippen LogP contribution in [-0.2, 0) is 4.74 Å². The van der Waals surface area contributed by atoms with E-state index < -0.39 is 13.0 Å². The zero-order valence-electron chi connectivity index (χ0n) is 8.83. The Morgan fingerprint density at radius 3 is 2.56 bits per heavy atom. The largest absolute Gasteiger partial charge is 0.496 e. The van der Waals surface area contributed by atoms with Gasteiger partial charge >= 0.3 is 0 Å². The van der Waals surface area contributed by atoms with E-state index in [1.54, 1.807) is 13.2 Å². The highest BCUT2D eigenvalue weighted by molar-refractivity contribution is 14.1. The SMILES string of the molecule is COc1ccccc1C(CI)OCC(F)F. The Morgan fingerprint density at radius 2 is 2.00 bits per heavy atom. The van der Waals surface area contributed by atoms with Crippen LogP contribution in [0.15, 0.2) is 24.3 Å². The first-order valence-electron chi connectivity index (χ1n) is 4.77. The van der Waals surface area contributed by atoms with Crippen LogP contribution < -0.4 is 4.74 Å². The van der Waals surface area contributed by atoms with Crippen molar-refractivity contribution in [3.63, 3.8) is 0 Å². The maximum Gasteiger partial charge on any atom is 0.261 e. The minimum Gasteiger partial charge on any atom is -0.496 e. The summed E-state index contributed by atoms with van der Waals surface area (Å²) in [5.74, 6) is 0.665. The second kappa shape index (κ2) is 7.01. The molecule has 90 valence electrons. The van der Waals surface area contributed by atoms with Gasteiger partial charge in [0, 0.05) is 9.99 Å². The lowest BCUT2D eigenvalue weighted by Gasteiger charge is -2.18. The molecule has 0 aromatic heterocycles. The molecule has 0 fully saturated rings. The summed E-state index contributed by atoms with van der Waals surface area (Å²) >= 11 is 2.11. The van der Waals surface area contributed by atoms with Crippen molar-refractivity contribution in [2.45, 2.75) is 12.5 Å². The lowest BCUT2D eigenvalue weighted by molar-refractivity contribution is -0.0160. The van der Waals surface area contributed by atoms with E-state index in [-0.39, 0.29) is 6.10 Å². The molecule has 1 unspecified atom stereocenters. The van der Waals surface area contributed by atoms with Gasteiger partial charge in [-0.25, -0.2) is 8.78 Å². The molecule has 0 aliphatic carbocycles. The van der Waals surface area contributed by atoms with Gasteiger partial charge in [0.15, 0.2) is 0 Å². The quantitative estimate of drug-likeness (QED) is 0.582. The van der Waals surface area contributed by atoms with Gasteiger partial charge in [0.05, 0.1) is 13.2 Å². The van der Waals surface area contributed by atoms with Crippen molar-refractivity contribution in [3.05, 3.63) is 29.8 Å². The fraction of sp³-hybridized carbons (Fsp3) is 0.455. The summed E-state index contributed by atoms with van der Waals surface area (Å²) in [4.78, 5) is 0. The summed E-state index contributed by atoms with van der Waals surface area (Å²) in [6.07, 6.45) is -2.80. The van der Waals surface area contributed by atoms with Crippen LogP contribution in [0.1, 0.15) is 11.7 Å². The van der Waals surface area contributed by atoms with Gasteiger partial charge in [-0.2, -0.15) is 0 Å². The molecule has 0 aliphatic heterocycles. The summed E-state index contributed by atoms with van der Waals surface area (Å²) in [7, 11) is 1.55. The van der Waals surface area contributed by atoms with Crippen molar-refractivity contribution in [3.8, 4) is 5.75 Å². The number of ether oxygens (including phenoxy) is 2. The number of hydrogen-bond acceptors (Lipinski definition) is 2. The number of benzene rings is 1. The molecule has 1 atom stereocenters. The van der Waals surface area contributed by atoms with Crippen LogP contribution in [0.25, 0.3) is 0 Å². The molecule has 1 rings (SSSR count). The van der Waals surface area contributed by atoms with Crippen molar-refractivity contribution < 1.29 is 18.3 Å². The molecule has 0 saturated heterocycles. The van der Waals surface area contributed by atoms with Crippen LogP contribution >= 0.6 is 22.6 Å². The second-order valence-corrected chi connectivity index (χ2v) is 3.99. The van der Waals surface area contributed by atoms with Crippen LogP contribution in [0.3, 0.4) is 0 Å². The van der Waals surface area contributed by atoms with E-state index in [0.717, 1.165) is 5.56 Å². The first-order valence-corrected chi connectivity index (χ1v) is 6.30. The Hall–Kier alpha value is -0.430. The Labute approximate surface area is 107 Å². The second-order valence-electron chi connectivity index (χ2n) is 3.11. The molecule has 16 heavy (non-hydrogen) atoms. The predicted molar refractivity (Wildman–Crippen MR) is 66.6 cm³/mol. The summed E-state index contributed by atoms with van der Waals surface area (Å²) < 4.78 is 35.1. The smallest absolute Gasteiger partial charge is 0.261 e. The van der Waals surface area contributed by atoms with Gasteiger partial charge in [-0.15, -0.1) is 0 Å². The van der Waals surface area contributed by atoms with Gasteiger partial charge in [-0.05, 0) is 6.07 Å². The van der Waals surface area contributed by atoms with E-state index in [1.165, 1.54) is 0 Å². The molecule has 0 radical (unpaired) electrons. The molecule has 0 spiro atoms. The highest BCUT2D eigenvalue weighted by Gasteiger charge is 2.17. The van der Waals surface area contributed by atoms with Crippen LogP contribution in [-0.4, -0.2) is 24.6 Å². The van der Waals surface area contributed by atoms with Crippen molar-refractivity contribution in [2.24, 2.45) is 0 Å². The highest BCUT2D eigenvalue weighted by atomic mass is 127. The van der Waals surface area contributed by atoms with Gasteiger partial charge < -0.3 is 9.47 Å². The molecule has 5 heteroatoms. The van der Waals surface area contributed by atoms with Crippen molar-refractivity contribution in [2.75, 3.05) is 18.1 Å². The molecule has 2 nitrogen and oxygen atoms in total. The normalized spacial score (nSPS) is 12.8. The number of rotatable bonds is 6. The molecule has 0 N–H and O–H groups in total. The van der Waals surface area contributed by atoms with Crippen molar-refractivity contribution >= 4 is 22.6 Å². The average molecular weight is 342 g/mol. The predicted octanol–water partition coefficient (Wildman–Crippen LogP) is 3.45. The summed E-state index contributed by atoms with van der Waals surface area (Å²) in [5, 5.41) is 0. The molecule has 0 saturated carbocycles. The van der Waals surface area contributed by atoms with E-state index in [4.69, 9.17) is 9.47 Å². The van der Waals surface area contributed by atoms with E-state index in [2.05, 4.69) is 22.6 Å². The molecule has 0 bridgehead atoms. The number of para-hydroxylation sites is 1. The van der Waals surface area contributed by atoms with Crippen LogP contribution in [0.5, 0.6) is 5.75 Å². The Morgan fingerprint density at radius 1 is 1.31 bits per heavy atom. The highest BCUT2D eigenvalue weighted by Crippen LogP contribution is 2.29. The van der Waals surface area contributed by atoms with Gasteiger partial charge in [-0.3, -0.25) is 0 Å². The van der Waals surface area contributed by atoms with Crippen molar-refractivity contribution in [1.82, 2.24) is 0 Å². The fourth-order valence-corrected chi connectivity index (χ4v) is 2.07. The summed E-state index contributed by atoms with van der Waals surface area (Å²) in [5.41, 5.74) is 0.806. The Balaban J connectivity index is 2.77. The molecule has 0 aliphatic rings. The Kier molecular flexibility index (Phi) is 5.97. The van der Waals surface area contributed by atoms with E-state index in [9.17, 15) is 8.78 Å². The molecular weight excluding hydrogens is 329 g/mol. The Bertz CT molecular complexity index is 321. The molecule has 1 aromatic rings. The number of alkyl halides is 3. The number of halogens is 3. The number of methoxy groups -OCH3 is 1. The number of hydrogen-bond donors (Lipinski definition) is 0. The van der Waals surface area contributed by atoms with Crippen LogP contribution in [0, 0.1) is 0 Å². The molecular formula is C11H13F2IO2. The van der Waals surface area contributed by atoms with Gasteiger partial charge in [-0.1, -0.05) is 40.8 Å². The van der Waals surface area contributed by atoms with Gasteiger partial charge in [0.2, 0.25) is 0 Å². The van der Waals surface area contributed by atoms with Gasteiger partial charge in [0.25, 0.3) is 6.43 Å². The zero-order chi connectivity index (χ0) is 12.0. The maximum atomic E-state index is 12.1. The molecule has 1 aromatic carbocycles. The monoisotopic (exact) mass is 342 g/mol. The van der Waals surface area contributed by atoms with E-state index in [0.29, 0.717) is 10.2 Å². The third-order valence-electron chi connectivity index (χ3n) is 2.05. The minimum absolute atomic E-state index is 0.356. The topological polar surface area (TPSA) is 18.5 Å². The van der Waals surface area contributed by atoms with Crippen LogP contribution in [0.4, 0.5) is 8.78 Å². The van der Waals surface area contributed by atoms with E-state index in [1.807, 2.05) is 18.2 Å². The lowest BCUT2D eigenvalue weighted by Crippen LogP contribution is -2.12. The van der Waals surface area contributed by atoms with Crippen molar-refractivity contribution in [1.29, 1.82) is 0 Å². The lowest BCUT2D eigenvalue weighted by atomic mass is 10.1. The van der Waals surface area contributed by atoms with Gasteiger partial charge in [0.1, 0.15) is 12.4 Å². The minimum atomic E-state index is -2.44. The summed E-state index contributed by atoms with van der Waals surface area (Å²) in [6, 6.07) is 7.29. The summed E-state index contributed by atoms with van der Waals surface area (Å²) in [6.45, 7) is -0.550. The third kappa shape index (κ3) is 3.86. The first-order chi connectivity index (χ1) is 7.69. The third-order valence-corrected chi connectivity index (χ3v) is 2.85. The van der Waals surface area contributed by atoms with Crippen LogP contribution in [0.2, 0.25) is 0 Å². The maximum absolute atomic E-state index is 12.1. The fourth-order valence-electron chi connectivity index (χ4n) is 1.34. The zero-order valence-corrected chi connectivity index (χ0v) is 11.0. The molecule has 0 heterocycles.